The SMILES string of the molecule is CCCOc1ccc(Br)cc1C(=O)Nc1ccc(C(=O)N(CC)CC)cc1. The van der Waals surface area contributed by atoms with Crippen LogP contribution in [0, 0.1) is 0 Å². The normalized spacial score (nSPS) is 10.4. The summed E-state index contributed by atoms with van der Waals surface area (Å²) in [6.07, 6.45) is 0.860. The average molecular weight is 433 g/mol. The van der Waals surface area contributed by atoms with Crippen LogP contribution in [0.15, 0.2) is 46.9 Å². The van der Waals surface area contributed by atoms with Gasteiger partial charge in [0.25, 0.3) is 11.8 Å². The van der Waals surface area contributed by atoms with Crippen LogP contribution in [0.3, 0.4) is 0 Å². The maximum absolute atomic E-state index is 12.7. The van der Waals surface area contributed by atoms with Crippen molar-refractivity contribution in [3.05, 3.63) is 58.1 Å². The third kappa shape index (κ3) is 5.57. The molecule has 2 aromatic rings. The molecule has 0 unspecified atom stereocenters. The molecule has 144 valence electrons. The van der Waals surface area contributed by atoms with Crippen LogP contribution in [0.5, 0.6) is 5.75 Å². The molecular formula is C21H25BrN2O3. The smallest absolute Gasteiger partial charge is 0.259 e. The zero-order valence-electron chi connectivity index (χ0n) is 15.9. The molecule has 0 radical (unpaired) electrons. The lowest BCUT2D eigenvalue weighted by molar-refractivity contribution is 0.0773. The molecule has 0 saturated heterocycles. The van der Waals surface area contributed by atoms with Crippen molar-refractivity contribution in [3.8, 4) is 5.75 Å². The predicted molar refractivity (Wildman–Crippen MR) is 112 cm³/mol. The summed E-state index contributed by atoms with van der Waals surface area (Å²) in [4.78, 5) is 26.8. The van der Waals surface area contributed by atoms with Gasteiger partial charge in [0.2, 0.25) is 0 Å². The van der Waals surface area contributed by atoms with Crippen LogP contribution in [0.25, 0.3) is 0 Å². The van der Waals surface area contributed by atoms with E-state index >= 15 is 0 Å². The van der Waals surface area contributed by atoms with Crippen molar-refractivity contribution in [2.75, 3.05) is 25.0 Å². The highest BCUT2D eigenvalue weighted by atomic mass is 79.9. The van der Waals surface area contributed by atoms with E-state index in [0.29, 0.717) is 42.3 Å². The highest BCUT2D eigenvalue weighted by molar-refractivity contribution is 9.10. The van der Waals surface area contributed by atoms with Gasteiger partial charge in [-0.15, -0.1) is 0 Å². The second-order valence-electron chi connectivity index (χ2n) is 6.00. The summed E-state index contributed by atoms with van der Waals surface area (Å²) in [6.45, 7) is 7.79. The molecule has 0 bridgehead atoms. The number of carbonyl (C=O) groups is 2. The summed E-state index contributed by atoms with van der Waals surface area (Å²) < 4.78 is 6.47. The standard InChI is InChI=1S/C21H25BrN2O3/c1-4-13-27-19-12-9-16(22)14-18(19)20(25)23-17-10-7-15(8-11-17)21(26)24(5-2)6-3/h7-12,14H,4-6,13H2,1-3H3,(H,23,25). The Labute approximate surface area is 168 Å². The fourth-order valence-corrected chi connectivity index (χ4v) is 2.97. The van der Waals surface area contributed by atoms with E-state index < -0.39 is 0 Å². The van der Waals surface area contributed by atoms with E-state index in [0.717, 1.165) is 10.9 Å². The number of nitrogens with one attached hydrogen (secondary N) is 1. The van der Waals surface area contributed by atoms with Crippen molar-refractivity contribution in [1.29, 1.82) is 0 Å². The van der Waals surface area contributed by atoms with Crippen LogP contribution in [0.2, 0.25) is 0 Å². The number of benzene rings is 2. The molecule has 27 heavy (non-hydrogen) atoms. The average Bonchev–Trinajstić information content (AvgIpc) is 2.68. The van der Waals surface area contributed by atoms with Gasteiger partial charge in [-0.3, -0.25) is 9.59 Å². The number of anilines is 1. The maximum Gasteiger partial charge on any atom is 0.259 e. The van der Waals surface area contributed by atoms with Gasteiger partial charge in [-0.25, -0.2) is 0 Å². The summed E-state index contributed by atoms with van der Waals surface area (Å²) in [5.74, 6) is 0.274. The van der Waals surface area contributed by atoms with Gasteiger partial charge in [-0.05, 0) is 62.7 Å². The number of carbonyl (C=O) groups excluding carboxylic acids is 2. The van der Waals surface area contributed by atoms with Crippen LogP contribution in [0.1, 0.15) is 47.9 Å². The predicted octanol–water partition coefficient (Wildman–Crippen LogP) is 4.97. The van der Waals surface area contributed by atoms with Gasteiger partial charge < -0.3 is 15.0 Å². The highest BCUT2D eigenvalue weighted by Gasteiger charge is 2.15. The molecule has 0 heterocycles. The molecule has 0 aliphatic rings. The number of hydrogen-bond donors (Lipinski definition) is 1. The van der Waals surface area contributed by atoms with E-state index in [-0.39, 0.29) is 11.8 Å². The first-order valence-electron chi connectivity index (χ1n) is 9.13. The Morgan fingerprint density at radius 2 is 1.70 bits per heavy atom. The van der Waals surface area contributed by atoms with Crippen LogP contribution in [0.4, 0.5) is 5.69 Å². The first kappa shape index (κ1) is 21.0. The minimum Gasteiger partial charge on any atom is -0.493 e. The Bertz CT molecular complexity index is 787. The number of halogens is 1. The molecule has 0 spiro atoms. The molecular weight excluding hydrogens is 408 g/mol. The molecule has 0 fully saturated rings. The summed E-state index contributed by atoms with van der Waals surface area (Å²) >= 11 is 3.39. The van der Waals surface area contributed by atoms with Gasteiger partial charge in [-0.1, -0.05) is 22.9 Å². The number of hydrogen-bond acceptors (Lipinski definition) is 3. The van der Waals surface area contributed by atoms with Crippen molar-refractivity contribution in [2.24, 2.45) is 0 Å². The molecule has 5 nitrogen and oxygen atoms in total. The van der Waals surface area contributed by atoms with E-state index in [4.69, 9.17) is 4.74 Å². The lowest BCUT2D eigenvalue weighted by Crippen LogP contribution is -2.30. The monoisotopic (exact) mass is 432 g/mol. The Hall–Kier alpha value is -2.34. The van der Waals surface area contributed by atoms with E-state index in [1.54, 1.807) is 41.3 Å². The summed E-state index contributed by atoms with van der Waals surface area (Å²) in [7, 11) is 0. The number of ether oxygens (including phenoxy) is 1. The Kier molecular flexibility index (Phi) is 7.85. The lowest BCUT2D eigenvalue weighted by Gasteiger charge is -2.18. The molecule has 0 aromatic heterocycles. The quantitative estimate of drug-likeness (QED) is 0.640. The summed E-state index contributed by atoms with van der Waals surface area (Å²) in [5, 5.41) is 2.86. The summed E-state index contributed by atoms with van der Waals surface area (Å²) in [6, 6.07) is 12.3. The van der Waals surface area contributed by atoms with Gasteiger partial charge in [0, 0.05) is 28.8 Å². The van der Waals surface area contributed by atoms with E-state index in [9.17, 15) is 9.59 Å². The first-order valence-corrected chi connectivity index (χ1v) is 9.92. The van der Waals surface area contributed by atoms with Crippen molar-refractivity contribution in [2.45, 2.75) is 27.2 Å². The van der Waals surface area contributed by atoms with Crippen LogP contribution in [-0.2, 0) is 0 Å². The van der Waals surface area contributed by atoms with Crippen LogP contribution >= 0.6 is 15.9 Å². The highest BCUT2D eigenvalue weighted by Crippen LogP contribution is 2.25. The molecule has 1 N–H and O–H groups in total. The van der Waals surface area contributed by atoms with Gasteiger partial charge in [0.15, 0.2) is 0 Å². The van der Waals surface area contributed by atoms with Gasteiger partial charge in [0.1, 0.15) is 5.75 Å². The molecule has 0 atom stereocenters. The topological polar surface area (TPSA) is 58.6 Å². The van der Waals surface area contributed by atoms with Crippen LogP contribution < -0.4 is 10.1 Å². The van der Waals surface area contributed by atoms with Gasteiger partial charge >= 0.3 is 0 Å². The fourth-order valence-electron chi connectivity index (χ4n) is 2.61. The third-order valence-electron chi connectivity index (χ3n) is 4.09. The number of nitrogens with zero attached hydrogens (tertiary/aromatic N) is 1. The largest absolute Gasteiger partial charge is 0.493 e. The Morgan fingerprint density at radius 3 is 2.30 bits per heavy atom. The van der Waals surface area contributed by atoms with Gasteiger partial charge in [0.05, 0.1) is 12.2 Å². The number of amides is 2. The summed E-state index contributed by atoms with van der Waals surface area (Å²) in [5.41, 5.74) is 1.68. The first-order chi connectivity index (χ1) is 13.0. The van der Waals surface area contributed by atoms with Crippen molar-refractivity contribution in [3.63, 3.8) is 0 Å². The van der Waals surface area contributed by atoms with Gasteiger partial charge in [-0.2, -0.15) is 0 Å². The van der Waals surface area contributed by atoms with E-state index in [1.165, 1.54) is 0 Å². The molecule has 2 amide bonds. The minimum atomic E-state index is -0.259. The second-order valence-corrected chi connectivity index (χ2v) is 6.91. The van der Waals surface area contributed by atoms with Crippen molar-refractivity contribution >= 4 is 33.4 Å². The Morgan fingerprint density at radius 1 is 1.04 bits per heavy atom. The van der Waals surface area contributed by atoms with Crippen LogP contribution in [-0.4, -0.2) is 36.4 Å². The Balaban J connectivity index is 2.14. The zero-order valence-corrected chi connectivity index (χ0v) is 17.5. The van der Waals surface area contributed by atoms with E-state index in [2.05, 4.69) is 21.2 Å². The molecule has 0 aliphatic carbocycles. The fraction of sp³-hybridized carbons (Fsp3) is 0.333. The molecule has 0 saturated carbocycles. The molecule has 2 rings (SSSR count). The maximum atomic E-state index is 12.7. The van der Waals surface area contributed by atoms with E-state index in [1.807, 2.05) is 26.8 Å². The minimum absolute atomic E-state index is 0.0138. The second kappa shape index (κ2) is 10.1. The lowest BCUT2D eigenvalue weighted by atomic mass is 10.1. The molecule has 0 aliphatic heterocycles. The third-order valence-corrected chi connectivity index (χ3v) is 4.58. The number of rotatable bonds is 8. The molecule has 2 aromatic carbocycles. The van der Waals surface area contributed by atoms with Crippen molar-refractivity contribution in [1.82, 2.24) is 4.90 Å². The zero-order chi connectivity index (χ0) is 19.8. The van der Waals surface area contributed by atoms with Crippen molar-refractivity contribution < 1.29 is 14.3 Å². The molecule has 6 heteroatoms.